The second kappa shape index (κ2) is 9.13. The average molecular weight is 465 g/mol. The number of aromatic nitrogens is 3. The molecule has 0 spiro atoms. The Morgan fingerprint density at radius 3 is 2.62 bits per heavy atom. The number of hydrogen-bond donors (Lipinski definition) is 2. The van der Waals surface area contributed by atoms with Crippen LogP contribution in [0.4, 0.5) is 10.1 Å². The molecule has 1 aromatic carbocycles. The van der Waals surface area contributed by atoms with Gasteiger partial charge in [0.1, 0.15) is 16.9 Å². The lowest BCUT2D eigenvalue weighted by molar-refractivity contribution is 0.0912. The third kappa shape index (κ3) is 4.40. The number of hydrogen-bond acceptors (Lipinski definition) is 6. The number of carbonyl (C=O) groups is 1. The lowest BCUT2D eigenvalue weighted by Gasteiger charge is -2.36. The summed E-state index contributed by atoms with van der Waals surface area (Å²) in [7, 11) is 0. The highest BCUT2D eigenvalue weighted by molar-refractivity contribution is 5.92. The van der Waals surface area contributed by atoms with Crippen LogP contribution in [0.5, 0.6) is 0 Å². The standard InChI is InChI=1S/C25H29FN6O2/c1-15-17(12-20(26)23-22(15)30-24(33)16(2)28-23)14-31-8-10-32(11-9-31)19-6-7-21(27-13-19)25(34)29-18-4-3-5-18/h6-7,12-13,18H,3-5,8-11,14H2,1-2H3,(H,29,34)(H,30,33). The molecule has 0 atom stereocenters. The van der Waals surface area contributed by atoms with E-state index in [1.165, 1.54) is 12.5 Å². The van der Waals surface area contributed by atoms with E-state index < -0.39 is 5.82 Å². The van der Waals surface area contributed by atoms with Gasteiger partial charge in [-0.05, 0) is 62.4 Å². The van der Waals surface area contributed by atoms with E-state index in [9.17, 15) is 14.0 Å². The number of piperazine rings is 1. The number of amides is 1. The normalized spacial score (nSPS) is 17.1. The molecule has 2 aliphatic rings. The van der Waals surface area contributed by atoms with Crippen molar-refractivity contribution in [3.63, 3.8) is 0 Å². The molecular formula is C25H29FN6O2. The lowest BCUT2D eigenvalue weighted by atomic mass is 9.93. The zero-order valence-corrected chi connectivity index (χ0v) is 19.5. The maximum atomic E-state index is 14.7. The lowest BCUT2D eigenvalue weighted by Crippen LogP contribution is -2.46. The zero-order chi connectivity index (χ0) is 23.8. The van der Waals surface area contributed by atoms with Gasteiger partial charge in [-0.15, -0.1) is 0 Å². The first kappa shape index (κ1) is 22.5. The van der Waals surface area contributed by atoms with Crippen LogP contribution in [0, 0.1) is 19.7 Å². The average Bonchev–Trinajstić information content (AvgIpc) is 2.81. The van der Waals surface area contributed by atoms with Crippen molar-refractivity contribution in [3.8, 4) is 0 Å². The highest BCUT2D eigenvalue weighted by atomic mass is 19.1. The first-order valence-electron chi connectivity index (χ1n) is 11.8. The van der Waals surface area contributed by atoms with Gasteiger partial charge >= 0.3 is 0 Å². The van der Waals surface area contributed by atoms with Crippen LogP contribution in [0.2, 0.25) is 0 Å². The van der Waals surface area contributed by atoms with E-state index in [1.54, 1.807) is 19.2 Å². The van der Waals surface area contributed by atoms with Crippen LogP contribution in [-0.2, 0) is 6.54 Å². The highest BCUT2D eigenvalue weighted by Gasteiger charge is 2.22. The number of nitrogens with one attached hydrogen (secondary N) is 2. The number of rotatable bonds is 5. The molecule has 5 rings (SSSR count). The molecule has 0 bridgehead atoms. The third-order valence-corrected chi connectivity index (χ3v) is 7.02. The Morgan fingerprint density at radius 2 is 1.97 bits per heavy atom. The number of aryl methyl sites for hydroxylation is 2. The quantitative estimate of drug-likeness (QED) is 0.603. The number of aromatic amines is 1. The SMILES string of the molecule is Cc1nc2c(F)cc(CN3CCN(c4ccc(C(=O)NC5CCC5)nc4)CC3)c(C)c2[nH]c1=O. The van der Waals surface area contributed by atoms with Gasteiger partial charge in [0.25, 0.3) is 11.5 Å². The molecule has 2 N–H and O–H groups in total. The minimum absolute atomic E-state index is 0.106. The van der Waals surface area contributed by atoms with Crippen LogP contribution < -0.4 is 15.8 Å². The van der Waals surface area contributed by atoms with Crippen LogP contribution in [0.15, 0.2) is 29.2 Å². The summed E-state index contributed by atoms with van der Waals surface area (Å²) in [5.41, 5.74) is 3.79. The molecule has 1 aliphatic carbocycles. The number of benzene rings is 1. The van der Waals surface area contributed by atoms with Gasteiger partial charge in [-0.1, -0.05) is 0 Å². The van der Waals surface area contributed by atoms with Gasteiger partial charge < -0.3 is 15.2 Å². The molecule has 8 nitrogen and oxygen atoms in total. The predicted molar refractivity (Wildman–Crippen MR) is 129 cm³/mol. The largest absolute Gasteiger partial charge is 0.368 e. The van der Waals surface area contributed by atoms with Gasteiger partial charge in [-0.2, -0.15) is 0 Å². The highest BCUT2D eigenvalue weighted by Crippen LogP contribution is 2.24. The summed E-state index contributed by atoms with van der Waals surface area (Å²) in [5.74, 6) is -0.521. The van der Waals surface area contributed by atoms with Gasteiger partial charge in [0, 0.05) is 38.8 Å². The molecule has 34 heavy (non-hydrogen) atoms. The van der Waals surface area contributed by atoms with Crippen molar-refractivity contribution in [2.45, 2.75) is 45.7 Å². The molecule has 0 radical (unpaired) electrons. The molecule has 9 heteroatoms. The first-order chi connectivity index (χ1) is 16.4. The van der Waals surface area contributed by atoms with Crippen molar-refractivity contribution in [3.05, 3.63) is 63.1 Å². The fraction of sp³-hybridized carbons (Fsp3) is 0.440. The maximum absolute atomic E-state index is 14.7. The fourth-order valence-corrected chi connectivity index (χ4v) is 4.56. The molecule has 3 aromatic rings. The second-order valence-electron chi connectivity index (χ2n) is 9.28. The molecule has 3 heterocycles. The van der Waals surface area contributed by atoms with Crippen LogP contribution in [-0.4, -0.2) is 58.0 Å². The Hall–Kier alpha value is -3.33. The number of anilines is 1. The summed E-state index contributed by atoms with van der Waals surface area (Å²) < 4.78 is 14.7. The molecule has 1 aliphatic heterocycles. The summed E-state index contributed by atoms with van der Waals surface area (Å²) in [5, 5.41) is 3.01. The monoisotopic (exact) mass is 464 g/mol. The first-order valence-corrected chi connectivity index (χ1v) is 11.8. The Morgan fingerprint density at radius 1 is 1.21 bits per heavy atom. The molecule has 0 unspecified atom stereocenters. The Kier molecular flexibility index (Phi) is 6.03. The minimum atomic E-state index is -0.416. The predicted octanol–water partition coefficient (Wildman–Crippen LogP) is 2.68. The van der Waals surface area contributed by atoms with Gasteiger partial charge in [-0.25, -0.2) is 14.4 Å². The molecule has 178 valence electrons. The zero-order valence-electron chi connectivity index (χ0n) is 19.5. The van der Waals surface area contributed by atoms with Crippen molar-refractivity contribution < 1.29 is 9.18 Å². The van der Waals surface area contributed by atoms with Crippen LogP contribution in [0.3, 0.4) is 0 Å². The summed E-state index contributed by atoms with van der Waals surface area (Å²) in [6.45, 7) is 7.31. The van der Waals surface area contributed by atoms with E-state index in [0.717, 1.165) is 55.8 Å². The number of pyridine rings is 1. The van der Waals surface area contributed by atoms with E-state index in [1.807, 2.05) is 13.0 Å². The van der Waals surface area contributed by atoms with Crippen molar-refractivity contribution in [1.29, 1.82) is 0 Å². The van der Waals surface area contributed by atoms with Gasteiger partial charge in [0.2, 0.25) is 0 Å². The van der Waals surface area contributed by atoms with Gasteiger partial charge in [-0.3, -0.25) is 14.5 Å². The number of H-pyrrole nitrogens is 1. The van der Waals surface area contributed by atoms with E-state index in [0.29, 0.717) is 23.8 Å². The Balaban J connectivity index is 1.22. The number of carbonyl (C=O) groups excluding carboxylic acids is 1. The molecule has 2 fully saturated rings. The Labute approximate surface area is 197 Å². The number of fused-ring (bicyclic) bond motifs is 1. The summed E-state index contributed by atoms with van der Waals surface area (Å²) in [6, 6.07) is 5.56. The smallest absolute Gasteiger partial charge is 0.270 e. The van der Waals surface area contributed by atoms with Crippen LogP contribution in [0.25, 0.3) is 11.0 Å². The van der Waals surface area contributed by atoms with Crippen molar-refractivity contribution in [2.24, 2.45) is 0 Å². The number of nitrogens with zero attached hydrogens (tertiary/aromatic N) is 4. The molecule has 2 aromatic heterocycles. The van der Waals surface area contributed by atoms with Crippen LogP contribution >= 0.6 is 0 Å². The Bertz CT molecular complexity index is 1280. The third-order valence-electron chi connectivity index (χ3n) is 7.02. The van der Waals surface area contributed by atoms with Crippen molar-refractivity contribution in [2.75, 3.05) is 31.1 Å². The van der Waals surface area contributed by atoms with E-state index in [4.69, 9.17) is 0 Å². The van der Waals surface area contributed by atoms with Gasteiger partial charge in [0.05, 0.1) is 17.4 Å². The second-order valence-corrected chi connectivity index (χ2v) is 9.28. The summed E-state index contributed by atoms with van der Waals surface area (Å²) in [6.07, 6.45) is 5.04. The van der Waals surface area contributed by atoms with E-state index in [2.05, 4.69) is 30.1 Å². The topological polar surface area (TPSA) is 94.2 Å². The number of halogens is 1. The van der Waals surface area contributed by atoms with Gasteiger partial charge in [0.15, 0.2) is 5.82 Å². The van der Waals surface area contributed by atoms with Crippen molar-refractivity contribution >= 4 is 22.6 Å². The molecule has 1 saturated heterocycles. The maximum Gasteiger partial charge on any atom is 0.270 e. The molecular weight excluding hydrogens is 435 g/mol. The minimum Gasteiger partial charge on any atom is -0.368 e. The fourth-order valence-electron chi connectivity index (χ4n) is 4.56. The van der Waals surface area contributed by atoms with Crippen molar-refractivity contribution in [1.82, 2.24) is 25.2 Å². The summed E-state index contributed by atoms with van der Waals surface area (Å²) in [4.78, 5) is 40.1. The van der Waals surface area contributed by atoms with Crippen LogP contribution in [0.1, 0.15) is 46.6 Å². The molecule has 1 saturated carbocycles. The van der Waals surface area contributed by atoms with E-state index >= 15 is 0 Å². The van der Waals surface area contributed by atoms with E-state index in [-0.39, 0.29) is 22.7 Å². The summed E-state index contributed by atoms with van der Waals surface area (Å²) >= 11 is 0. The molecule has 1 amide bonds.